The van der Waals surface area contributed by atoms with E-state index >= 15 is 0 Å². The number of anilines is 1. The van der Waals surface area contributed by atoms with E-state index in [4.69, 9.17) is 0 Å². The molecule has 0 saturated carbocycles. The third-order valence-corrected chi connectivity index (χ3v) is 4.56. The summed E-state index contributed by atoms with van der Waals surface area (Å²) >= 11 is 0. The fourth-order valence-corrected chi connectivity index (χ4v) is 3.13. The van der Waals surface area contributed by atoms with Crippen LogP contribution in [0.1, 0.15) is 15.9 Å². The van der Waals surface area contributed by atoms with E-state index in [-0.39, 0.29) is 11.9 Å². The number of carbonyl (C=O) groups is 1. The fraction of sp³-hybridized carbons (Fsp3) is 0.182. The number of amides is 1. The maximum atomic E-state index is 12.6. The predicted octanol–water partition coefficient (Wildman–Crippen LogP) is 3.34. The molecule has 0 spiro atoms. The van der Waals surface area contributed by atoms with Crippen LogP contribution in [-0.4, -0.2) is 44.7 Å². The van der Waals surface area contributed by atoms with Gasteiger partial charge in [0.1, 0.15) is 0 Å². The molecule has 2 aromatic carbocycles. The van der Waals surface area contributed by atoms with Crippen LogP contribution in [0.4, 0.5) is 5.95 Å². The van der Waals surface area contributed by atoms with Crippen molar-refractivity contribution in [2.75, 3.05) is 19.4 Å². The lowest BCUT2D eigenvalue weighted by molar-refractivity contribution is 0.102. The first-order valence-electron chi connectivity index (χ1n) is 9.29. The van der Waals surface area contributed by atoms with Crippen LogP contribution in [0, 0.1) is 0 Å². The van der Waals surface area contributed by atoms with Gasteiger partial charge in [0.15, 0.2) is 0 Å². The molecule has 29 heavy (non-hydrogen) atoms. The van der Waals surface area contributed by atoms with Gasteiger partial charge in [-0.1, -0.05) is 24.3 Å². The standard InChI is InChI=1S/C22H22N6O/c1-27(2)13-15-4-6-16(7-5-15)21(29)26-22-23-11-18-9-8-17(10-20(18)25-22)19-12-24-28(3)14-19/h4-12,14H,13H2,1-3H3,(H,23,25,26,29). The number of benzene rings is 2. The second-order valence-corrected chi connectivity index (χ2v) is 7.26. The second-order valence-electron chi connectivity index (χ2n) is 7.26. The Balaban J connectivity index is 1.55. The number of carbonyl (C=O) groups excluding carboxylic acids is 1. The Morgan fingerprint density at radius 3 is 2.55 bits per heavy atom. The van der Waals surface area contributed by atoms with Crippen molar-refractivity contribution in [2.45, 2.75) is 6.54 Å². The SMILES string of the molecule is CN(C)Cc1ccc(C(=O)Nc2ncc3ccc(-c4cnn(C)c4)cc3n2)cc1. The molecule has 0 aliphatic rings. The molecule has 146 valence electrons. The highest BCUT2D eigenvalue weighted by atomic mass is 16.1. The van der Waals surface area contributed by atoms with Crippen molar-refractivity contribution < 1.29 is 4.79 Å². The molecule has 0 fully saturated rings. The number of fused-ring (bicyclic) bond motifs is 1. The minimum absolute atomic E-state index is 0.232. The number of hydrogen-bond acceptors (Lipinski definition) is 5. The Hall–Kier alpha value is -3.58. The van der Waals surface area contributed by atoms with E-state index in [1.165, 1.54) is 0 Å². The number of nitrogens with zero attached hydrogens (tertiary/aromatic N) is 5. The Bertz CT molecular complexity index is 1160. The molecule has 2 aromatic heterocycles. The molecule has 0 unspecified atom stereocenters. The molecular formula is C22H22N6O. The summed E-state index contributed by atoms with van der Waals surface area (Å²) in [4.78, 5) is 23.4. The summed E-state index contributed by atoms with van der Waals surface area (Å²) in [5.41, 5.74) is 4.50. The van der Waals surface area contributed by atoms with Crippen molar-refractivity contribution in [3.05, 3.63) is 72.2 Å². The van der Waals surface area contributed by atoms with Gasteiger partial charge in [-0.25, -0.2) is 9.97 Å². The monoisotopic (exact) mass is 386 g/mol. The van der Waals surface area contributed by atoms with E-state index in [0.29, 0.717) is 5.56 Å². The number of hydrogen-bond donors (Lipinski definition) is 1. The Kier molecular flexibility index (Phi) is 5.05. The highest BCUT2D eigenvalue weighted by molar-refractivity contribution is 6.03. The van der Waals surface area contributed by atoms with Crippen molar-refractivity contribution in [3.63, 3.8) is 0 Å². The molecule has 1 N–H and O–H groups in total. The molecule has 4 aromatic rings. The van der Waals surface area contributed by atoms with Gasteiger partial charge in [0.05, 0.1) is 11.7 Å². The van der Waals surface area contributed by atoms with E-state index in [1.807, 2.05) is 76.0 Å². The first kappa shape index (κ1) is 18.8. The number of aryl methyl sites for hydroxylation is 1. The zero-order valence-corrected chi connectivity index (χ0v) is 16.6. The van der Waals surface area contributed by atoms with Crippen molar-refractivity contribution in [1.29, 1.82) is 0 Å². The Morgan fingerprint density at radius 1 is 1.07 bits per heavy atom. The Morgan fingerprint density at radius 2 is 1.86 bits per heavy atom. The molecular weight excluding hydrogens is 364 g/mol. The molecule has 7 nitrogen and oxygen atoms in total. The zero-order chi connectivity index (χ0) is 20.4. The number of aromatic nitrogens is 4. The van der Waals surface area contributed by atoms with Crippen LogP contribution >= 0.6 is 0 Å². The summed E-state index contributed by atoms with van der Waals surface area (Å²) in [6.07, 6.45) is 5.47. The number of nitrogens with one attached hydrogen (secondary N) is 1. The lowest BCUT2D eigenvalue weighted by Gasteiger charge is -2.10. The quantitative estimate of drug-likeness (QED) is 0.569. The van der Waals surface area contributed by atoms with Gasteiger partial charge in [0.25, 0.3) is 5.91 Å². The van der Waals surface area contributed by atoms with Gasteiger partial charge in [0.2, 0.25) is 5.95 Å². The van der Waals surface area contributed by atoms with Crippen LogP contribution in [-0.2, 0) is 13.6 Å². The number of rotatable bonds is 5. The van der Waals surface area contributed by atoms with E-state index in [1.54, 1.807) is 10.9 Å². The maximum absolute atomic E-state index is 12.6. The minimum atomic E-state index is -0.232. The van der Waals surface area contributed by atoms with Gasteiger partial charge in [-0.2, -0.15) is 5.10 Å². The summed E-state index contributed by atoms with van der Waals surface area (Å²) in [5.74, 6) is 0.0485. The Labute approximate surface area is 169 Å². The lowest BCUT2D eigenvalue weighted by Crippen LogP contribution is -2.15. The van der Waals surface area contributed by atoms with Crippen molar-refractivity contribution in [2.24, 2.45) is 7.05 Å². The highest BCUT2D eigenvalue weighted by Gasteiger charge is 2.10. The van der Waals surface area contributed by atoms with E-state index in [2.05, 4.69) is 25.3 Å². The summed E-state index contributed by atoms with van der Waals surface area (Å²) in [5, 5.41) is 7.90. The molecule has 0 radical (unpaired) electrons. The largest absolute Gasteiger partial charge is 0.305 e. The molecule has 7 heteroatoms. The molecule has 1 amide bonds. The van der Waals surface area contributed by atoms with Crippen LogP contribution in [0.3, 0.4) is 0 Å². The molecule has 0 saturated heterocycles. The van der Waals surface area contributed by atoms with Crippen LogP contribution < -0.4 is 5.32 Å². The van der Waals surface area contributed by atoms with Crippen LogP contribution in [0.5, 0.6) is 0 Å². The molecule has 0 aliphatic heterocycles. The summed E-state index contributed by atoms with van der Waals surface area (Å²) in [6, 6.07) is 13.5. The lowest BCUT2D eigenvalue weighted by atomic mass is 10.1. The highest BCUT2D eigenvalue weighted by Crippen LogP contribution is 2.23. The van der Waals surface area contributed by atoms with Crippen molar-refractivity contribution in [1.82, 2.24) is 24.6 Å². The molecule has 4 rings (SSSR count). The van der Waals surface area contributed by atoms with Crippen LogP contribution in [0.15, 0.2) is 61.1 Å². The van der Waals surface area contributed by atoms with E-state index in [9.17, 15) is 4.79 Å². The van der Waals surface area contributed by atoms with Gasteiger partial charge in [0, 0.05) is 42.5 Å². The van der Waals surface area contributed by atoms with E-state index < -0.39 is 0 Å². The molecule has 2 heterocycles. The van der Waals surface area contributed by atoms with Crippen molar-refractivity contribution >= 4 is 22.8 Å². The topological polar surface area (TPSA) is 75.9 Å². The van der Waals surface area contributed by atoms with E-state index in [0.717, 1.165) is 34.1 Å². The molecule has 0 aliphatic carbocycles. The van der Waals surface area contributed by atoms with Crippen LogP contribution in [0.2, 0.25) is 0 Å². The second kappa shape index (κ2) is 7.81. The third-order valence-electron chi connectivity index (χ3n) is 4.56. The fourth-order valence-electron chi connectivity index (χ4n) is 3.13. The molecule has 0 bridgehead atoms. The minimum Gasteiger partial charge on any atom is -0.305 e. The third kappa shape index (κ3) is 4.30. The summed E-state index contributed by atoms with van der Waals surface area (Å²) in [6.45, 7) is 0.828. The predicted molar refractivity (Wildman–Crippen MR) is 114 cm³/mol. The zero-order valence-electron chi connectivity index (χ0n) is 16.6. The van der Waals surface area contributed by atoms with Gasteiger partial charge in [-0.15, -0.1) is 0 Å². The normalized spacial score (nSPS) is 11.2. The average Bonchev–Trinajstić information content (AvgIpc) is 3.14. The first-order valence-corrected chi connectivity index (χ1v) is 9.29. The molecule has 0 atom stereocenters. The average molecular weight is 386 g/mol. The van der Waals surface area contributed by atoms with Crippen molar-refractivity contribution in [3.8, 4) is 11.1 Å². The first-order chi connectivity index (χ1) is 14.0. The van der Waals surface area contributed by atoms with Crippen LogP contribution in [0.25, 0.3) is 22.0 Å². The van der Waals surface area contributed by atoms with Gasteiger partial charge >= 0.3 is 0 Å². The van der Waals surface area contributed by atoms with Gasteiger partial charge < -0.3 is 4.90 Å². The summed E-state index contributed by atoms with van der Waals surface area (Å²) < 4.78 is 1.76. The van der Waals surface area contributed by atoms with Gasteiger partial charge in [-0.3, -0.25) is 14.8 Å². The smallest absolute Gasteiger partial charge is 0.258 e. The summed E-state index contributed by atoms with van der Waals surface area (Å²) in [7, 11) is 5.90. The maximum Gasteiger partial charge on any atom is 0.258 e. The van der Waals surface area contributed by atoms with Gasteiger partial charge in [-0.05, 0) is 43.4 Å².